The zero-order chi connectivity index (χ0) is 10.8. The summed E-state index contributed by atoms with van der Waals surface area (Å²) >= 11 is 0. The van der Waals surface area contributed by atoms with Crippen molar-refractivity contribution in [1.82, 2.24) is 4.90 Å². The third-order valence-electron chi connectivity index (χ3n) is 3.12. The van der Waals surface area contributed by atoms with Crippen molar-refractivity contribution in [3.05, 3.63) is 0 Å². The van der Waals surface area contributed by atoms with E-state index >= 15 is 0 Å². The van der Waals surface area contributed by atoms with Crippen molar-refractivity contribution < 1.29 is 4.79 Å². The van der Waals surface area contributed by atoms with Crippen molar-refractivity contribution in [3.63, 3.8) is 0 Å². The lowest BCUT2D eigenvalue weighted by molar-refractivity contribution is -0.126. The summed E-state index contributed by atoms with van der Waals surface area (Å²) in [6, 6.07) is 0. The first-order chi connectivity index (χ1) is 6.48. The Kier molecular flexibility index (Phi) is 3.50. The molecule has 2 atom stereocenters. The Bertz CT molecular complexity index is 219. The van der Waals surface area contributed by atoms with Gasteiger partial charge in [-0.25, -0.2) is 0 Å². The van der Waals surface area contributed by atoms with Gasteiger partial charge in [-0.05, 0) is 32.4 Å². The topological polar surface area (TPSA) is 72.3 Å². The Labute approximate surface area is 85.6 Å². The van der Waals surface area contributed by atoms with E-state index in [0.717, 1.165) is 26.1 Å². The lowest BCUT2D eigenvalue weighted by Gasteiger charge is -2.22. The summed E-state index contributed by atoms with van der Waals surface area (Å²) in [6.07, 6.45) is 0.875. The van der Waals surface area contributed by atoms with Gasteiger partial charge in [0.2, 0.25) is 5.91 Å². The molecule has 0 bridgehead atoms. The number of primary amides is 1. The molecule has 0 radical (unpaired) electrons. The molecule has 1 aliphatic rings. The maximum Gasteiger partial charge on any atom is 0.224 e. The fourth-order valence-corrected chi connectivity index (χ4v) is 1.93. The second kappa shape index (κ2) is 4.28. The van der Waals surface area contributed by atoms with Crippen LogP contribution in [0.3, 0.4) is 0 Å². The molecule has 0 aromatic rings. The predicted octanol–water partition coefficient (Wildman–Crippen LogP) is -0.221. The van der Waals surface area contributed by atoms with Gasteiger partial charge in [-0.15, -0.1) is 0 Å². The van der Waals surface area contributed by atoms with Gasteiger partial charge >= 0.3 is 0 Å². The molecule has 1 fully saturated rings. The molecule has 0 spiro atoms. The second-order valence-corrected chi connectivity index (χ2v) is 4.75. The number of hydrogen-bond donors (Lipinski definition) is 2. The second-order valence-electron chi connectivity index (χ2n) is 4.75. The fourth-order valence-electron chi connectivity index (χ4n) is 1.93. The molecule has 0 aliphatic carbocycles. The summed E-state index contributed by atoms with van der Waals surface area (Å²) in [5.41, 5.74) is 10.6. The van der Waals surface area contributed by atoms with Crippen LogP contribution >= 0.6 is 0 Å². The Hall–Kier alpha value is -0.610. The number of nitrogens with zero attached hydrogens (tertiary/aromatic N) is 1. The largest absolute Gasteiger partial charge is 0.369 e. The van der Waals surface area contributed by atoms with Crippen molar-refractivity contribution >= 4 is 5.91 Å². The van der Waals surface area contributed by atoms with E-state index in [-0.39, 0.29) is 11.3 Å². The number of likely N-dealkylation sites (tertiary alicyclic amines) is 1. The summed E-state index contributed by atoms with van der Waals surface area (Å²) in [5, 5.41) is 0. The van der Waals surface area contributed by atoms with Gasteiger partial charge in [0.1, 0.15) is 0 Å². The number of rotatable bonds is 4. The molecule has 1 saturated heterocycles. The monoisotopic (exact) mass is 199 g/mol. The molecule has 1 aliphatic heterocycles. The molecule has 14 heavy (non-hydrogen) atoms. The van der Waals surface area contributed by atoms with Crippen LogP contribution in [-0.2, 0) is 4.79 Å². The van der Waals surface area contributed by atoms with Crippen LogP contribution < -0.4 is 11.5 Å². The van der Waals surface area contributed by atoms with Gasteiger partial charge < -0.3 is 16.4 Å². The maximum absolute atomic E-state index is 11.2. The first-order valence-corrected chi connectivity index (χ1v) is 5.20. The highest BCUT2D eigenvalue weighted by molar-refractivity contribution is 5.81. The van der Waals surface area contributed by atoms with Crippen LogP contribution in [0.2, 0.25) is 0 Å². The zero-order valence-corrected chi connectivity index (χ0v) is 9.12. The quantitative estimate of drug-likeness (QED) is 0.657. The molecule has 4 N–H and O–H groups in total. The van der Waals surface area contributed by atoms with E-state index in [9.17, 15) is 4.79 Å². The minimum absolute atomic E-state index is 0.180. The van der Waals surface area contributed by atoms with Crippen LogP contribution in [-0.4, -0.2) is 37.0 Å². The summed E-state index contributed by atoms with van der Waals surface area (Å²) < 4.78 is 0. The van der Waals surface area contributed by atoms with Gasteiger partial charge in [-0.2, -0.15) is 0 Å². The van der Waals surface area contributed by atoms with Crippen molar-refractivity contribution in [2.75, 3.05) is 26.2 Å². The Morgan fingerprint density at radius 1 is 1.64 bits per heavy atom. The average Bonchev–Trinajstić information content (AvgIpc) is 2.49. The third-order valence-corrected chi connectivity index (χ3v) is 3.12. The van der Waals surface area contributed by atoms with E-state index in [1.807, 2.05) is 6.92 Å². The van der Waals surface area contributed by atoms with Gasteiger partial charge in [0, 0.05) is 13.1 Å². The van der Waals surface area contributed by atoms with Crippen molar-refractivity contribution in [1.29, 1.82) is 0 Å². The van der Waals surface area contributed by atoms with Crippen LogP contribution in [0.1, 0.15) is 20.3 Å². The molecule has 2 unspecified atom stereocenters. The minimum atomic E-state index is -0.325. The van der Waals surface area contributed by atoms with Gasteiger partial charge in [-0.1, -0.05) is 6.92 Å². The highest BCUT2D eigenvalue weighted by Gasteiger charge is 2.38. The number of carbonyl (C=O) groups excluding carboxylic acids is 1. The maximum atomic E-state index is 11.2. The number of hydrogen-bond acceptors (Lipinski definition) is 3. The molecule has 0 aromatic carbocycles. The first kappa shape index (κ1) is 11.5. The van der Waals surface area contributed by atoms with E-state index in [4.69, 9.17) is 11.5 Å². The third kappa shape index (κ3) is 2.45. The molecule has 1 rings (SSSR count). The van der Waals surface area contributed by atoms with Gasteiger partial charge in [-0.3, -0.25) is 4.79 Å². The van der Waals surface area contributed by atoms with Crippen molar-refractivity contribution in [2.45, 2.75) is 20.3 Å². The number of amides is 1. The fraction of sp³-hybridized carbons (Fsp3) is 0.900. The molecule has 82 valence electrons. The number of nitrogens with two attached hydrogens (primary N) is 2. The summed E-state index contributed by atoms with van der Waals surface area (Å²) in [5.74, 6) is 0.311. The van der Waals surface area contributed by atoms with E-state index in [1.54, 1.807) is 0 Å². The normalized spacial score (nSPS) is 30.5. The van der Waals surface area contributed by atoms with Crippen LogP contribution in [0.4, 0.5) is 0 Å². The van der Waals surface area contributed by atoms with E-state index in [2.05, 4.69) is 11.8 Å². The molecular weight excluding hydrogens is 178 g/mol. The molecule has 4 nitrogen and oxygen atoms in total. The summed E-state index contributed by atoms with van der Waals surface area (Å²) in [6.45, 7) is 7.49. The zero-order valence-electron chi connectivity index (χ0n) is 9.12. The van der Waals surface area contributed by atoms with Crippen LogP contribution in [0, 0.1) is 11.3 Å². The molecule has 0 saturated carbocycles. The average molecular weight is 199 g/mol. The highest BCUT2D eigenvalue weighted by Crippen LogP contribution is 2.29. The smallest absolute Gasteiger partial charge is 0.224 e. The van der Waals surface area contributed by atoms with Crippen LogP contribution in [0.25, 0.3) is 0 Å². The summed E-state index contributed by atoms with van der Waals surface area (Å²) in [4.78, 5) is 13.5. The number of carbonyl (C=O) groups is 1. The Morgan fingerprint density at radius 2 is 2.29 bits per heavy atom. The lowest BCUT2D eigenvalue weighted by Crippen LogP contribution is -2.38. The van der Waals surface area contributed by atoms with Crippen LogP contribution in [0.5, 0.6) is 0 Å². The summed E-state index contributed by atoms with van der Waals surface area (Å²) in [7, 11) is 0. The Balaban J connectivity index is 2.45. The minimum Gasteiger partial charge on any atom is -0.369 e. The molecular formula is C10H21N3O. The van der Waals surface area contributed by atoms with Crippen molar-refractivity contribution in [2.24, 2.45) is 22.8 Å². The SMILES string of the molecule is CC(CN)CN1CCC(C)(C(N)=O)C1. The molecule has 4 heteroatoms. The molecule has 1 amide bonds. The molecule has 1 heterocycles. The predicted molar refractivity (Wildman–Crippen MR) is 56.6 cm³/mol. The highest BCUT2D eigenvalue weighted by atomic mass is 16.1. The standard InChI is InChI=1S/C10H21N3O/c1-8(5-11)6-13-4-3-10(2,7-13)9(12)14/h8H,3-7,11H2,1-2H3,(H2,12,14). The van der Waals surface area contributed by atoms with E-state index in [0.29, 0.717) is 12.5 Å². The molecule has 0 aromatic heterocycles. The van der Waals surface area contributed by atoms with Gasteiger partial charge in [0.25, 0.3) is 0 Å². The van der Waals surface area contributed by atoms with Gasteiger partial charge in [0.05, 0.1) is 5.41 Å². The van der Waals surface area contributed by atoms with Crippen molar-refractivity contribution in [3.8, 4) is 0 Å². The van der Waals surface area contributed by atoms with Crippen LogP contribution in [0.15, 0.2) is 0 Å². The van der Waals surface area contributed by atoms with Gasteiger partial charge in [0.15, 0.2) is 0 Å². The lowest BCUT2D eigenvalue weighted by atomic mass is 9.89. The first-order valence-electron chi connectivity index (χ1n) is 5.20. The van der Waals surface area contributed by atoms with E-state index in [1.165, 1.54) is 0 Å². The van der Waals surface area contributed by atoms with E-state index < -0.39 is 0 Å². The Morgan fingerprint density at radius 3 is 2.71 bits per heavy atom.